The number of ether oxygens (including phenoxy) is 1. The van der Waals surface area contributed by atoms with Gasteiger partial charge in [-0.1, -0.05) is 24.3 Å². The number of benzene rings is 3. The summed E-state index contributed by atoms with van der Waals surface area (Å²) in [5, 5.41) is 13.4. The lowest BCUT2D eigenvalue weighted by Crippen LogP contribution is -2.38. The van der Waals surface area contributed by atoms with E-state index in [0.717, 1.165) is 59.6 Å². The van der Waals surface area contributed by atoms with E-state index in [-0.39, 0.29) is 11.9 Å². The summed E-state index contributed by atoms with van der Waals surface area (Å²) in [7, 11) is 1.65. The number of carbonyl (C=O) groups is 1. The maximum atomic E-state index is 11.8. The van der Waals surface area contributed by atoms with Crippen LogP contribution in [-0.2, 0) is 11.3 Å². The van der Waals surface area contributed by atoms with Crippen molar-refractivity contribution in [1.82, 2.24) is 14.1 Å². The fraction of sp³-hybridized carbons (Fsp3) is 0.267. The standard InChI is InChI=1S/C30H32N6O2/c1-20(37)33-26-11-10-23(38-2)18-29(26)34-16-13-22(14-17-34)36-28-9-4-3-8-27(28)35(30(36)31)19-21-6-5-7-25-24(21)12-15-32-25/h3-12,15,18,22,31-32H,13-14,16-17,19H2,1-2H3,(H,33,37). The largest absolute Gasteiger partial charge is 0.497 e. The lowest BCUT2D eigenvalue weighted by atomic mass is 10.0. The number of piperidine rings is 1. The molecule has 8 nitrogen and oxygen atoms in total. The molecule has 8 heteroatoms. The van der Waals surface area contributed by atoms with Gasteiger partial charge in [-0.25, -0.2) is 0 Å². The lowest BCUT2D eigenvalue weighted by molar-refractivity contribution is -0.114. The first-order valence-corrected chi connectivity index (χ1v) is 13.0. The predicted octanol–water partition coefficient (Wildman–Crippen LogP) is 5.26. The number of rotatable bonds is 6. The van der Waals surface area contributed by atoms with Crippen molar-refractivity contribution in [2.45, 2.75) is 32.4 Å². The Morgan fingerprint density at radius 3 is 2.61 bits per heavy atom. The van der Waals surface area contributed by atoms with Gasteiger partial charge in [0.05, 0.1) is 36.1 Å². The van der Waals surface area contributed by atoms with Gasteiger partial charge in [-0.15, -0.1) is 0 Å². The van der Waals surface area contributed by atoms with Gasteiger partial charge in [0, 0.05) is 49.2 Å². The third-order valence-electron chi connectivity index (χ3n) is 7.62. The molecular weight excluding hydrogens is 476 g/mol. The van der Waals surface area contributed by atoms with Crippen molar-refractivity contribution in [3.63, 3.8) is 0 Å². The highest BCUT2D eigenvalue weighted by Gasteiger charge is 2.26. The average Bonchev–Trinajstić information content (AvgIpc) is 3.52. The first kappa shape index (κ1) is 23.9. The van der Waals surface area contributed by atoms with Crippen LogP contribution in [0.5, 0.6) is 5.75 Å². The molecule has 0 bridgehead atoms. The van der Waals surface area contributed by atoms with Gasteiger partial charge in [-0.05, 0) is 54.8 Å². The molecule has 1 aliphatic rings. The summed E-state index contributed by atoms with van der Waals surface area (Å²) in [6.45, 7) is 3.81. The Labute approximate surface area is 221 Å². The van der Waals surface area contributed by atoms with E-state index in [0.29, 0.717) is 12.2 Å². The van der Waals surface area contributed by atoms with E-state index in [1.54, 1.807) is 7.11 Å². The number of nitrogens with zero attached hydrogens (tertiary/aromatic N) is 3. The number of hydrogen-bond donors (Lipinski definition) is 3. The molecule has 1 saturated heterocycles. The summed E-state index contributed by atoms with van der Waals surface area (Å²) in [6, 6.07) is 22.7. The third-order valence-corrected chi connectivity index (χ3v) is 7.62. The first-order chi connectivity index (χ1) is 18.5. The minimum Gasteiger partial charge on any atom is -0.497 e. The van der Waals surface area contributed by atoms with E-state index in [1.165, 1.54) is 17.9 Å². The quantitative estimate of drug-likeness (QED) is 0.292. The second-order valence-corrected chi connectivity index (χ2v) is 9.91. The molecule has 0 spiro atoms. The first-order valence-electron chi connectivity index (χ1n) is 13.0. The van der Waals surface area contributed by atoms with Crippen LogP contribution >= 0.6 is 0 Å². The van der Waals surface area contributed by atoms with Gasteiger partial charge in [0.1, 0.15) is 5.75 Å². The Kier molecular flexibility index (Phi) is 6.15. The number of para-hydroxylation sites is 2. The fourth-order valence-corrected chi connectivity index (χ4v) is 5.80. The molecular formula is C30H32N6O2. The topological polar surface area (TPSA) is 91.1 Å². The SMILES string of the molecule is COc1ccc(NC(C)=O)c(N2CCC(n3c(=N)n(Cc4cccc5[nH]ccc45)c4ccccc43)CC2)c1. The van der Waals surface area contributed by atoms with Crippen molar-refractivity contribution in [3.8, 4) is 5.75 Å². The maximum absolute atomic E-state index is 11.8. The molecule has 6 rings (SSSR count). The molecule has 3 heterocycles. The Morgan fingerprint density at radius 1 is 1.05 bits per heavy atom. The van der Waals surface area contributed by atoms with E-state index in [9.17, 15) is 10.2 Å². The van der Waals surface area contributed by atoms with Crippen LogP contribution in [0, 0.1) is 5.41 Å². The summed E-state index contributed by atoms with van der Waals surface area (Å²) in [5.41, 5.74) is 6.77. The highest BCUT2D eigenvalue weighted by Crippen LogP contribution is 2.35. The molecule has 0 radical (unpaired) electrons. The number of aromatic nitrogens is 3. The van der Waals surface area contributed by atoms with E-state index in [4.69, 9.17) is 4.74 Å². The van der Waals surface area contributed by atoms with E-state index in [1.807, 2.05) is 24.4 Å². The average molecular weight is 509 g/mol. The monoisotopic (exact) mass is 508 g/mol. The Hall–Kier alpha value is -4.46. The van der Waals surface area contributed by atoms with E-state index >= 15 is 0 Å². The molecule has 5 aromatic rings. The number of imidazole rings is 1. The van der Waals surface area contributed by atoms with Crippen LogP contribution < -0.4 is 20.6 Å². The van der Waals surface area contributed by atoms with Gasteiger partial charge < -0.3 is 29.1 Å². The van der Waals surface area contributed by atoms with Crippen molar-refractivity contribution in [1.29, 1.82) is 5.41 Å². The summed E-state index contributed by atoms with van der Waals surface area (Å²) in [6.07, 6.45) is 3.76. The van der Waals surface area contributed by atoms with E-state index < -0.39 is 0 Å². The van der Waals surface area contributed by atoms with Crippen molar-refractivity contribution in [2.75, 3.05) is 30.4 Å². The minimum absolute atomic E-state index is 0.0937. The van der Waals surface area contributed by atoms with Crippen LogP contribution in [0.25, 0.3) is 21.9 Å². The minimum atomic E-state index is -0.0937. The van der Waals surface area contributed by atoms with E-state index in [2.05, 4.69) is 72.9 Å². The van der Waals surface area contributed by atoms with Crippen molar-refractivity contribution >= 4 is 39.2 Å². The molecule has 0 atom stereocenters. The number of hydrogen-bond acceptors (Lipinski definition) is 4. The van der Waals surface area contributed by atoms with Crippen molar-refractivity contribution < 1.29 is 9.53 Å². The molecule has 2 aromatic heterocycles. The van der Waals surface area contributed by atoms with Gasteiger partial charge >= 0.3 is 0 Å². The highest BCUT2D eigenvalue weighted by molar-refractivity contribution is 5.93. The van der Waals surface area contributed by atoms with Crippen LogP contribution in [-0.4, -0.2) is 40.2 Å². The Balaban J connectivity index is 1.31. The molecule has 1 amide bonds. The number of aromatic amines is 1. The second kappa shape index (κ2) is 9.78. The molecule has 3 N–H and O–H groups in total. The van der Waals surface area contributed by atoms with Gasteiger partial charge in [-0.2, -0.15) is 0 Å². The summed E-state index contributed by atoms with van der Waals surface area (Å²) >= 11 is 0. The number of anilines is 2. The third kappa shape index (κ3) is 4.22. The van der Waals surface area contributed by atoms with Gasteiger partial charge in [-0.3, -0.25) is 10.2 Å². The summed E-state index contributed by atoms with van der Waals surface area (Å²) in [4.78, 5) is 17.4. The Bertz CT molecular complexity index is 1690. The maximum Gasteiger partial charge on any atom is 0.221 e. The molecule has 1 aliphatic heterocycles. The summed E-state index contributed by atoms with van der Waals surface area (Å²) < 4.78 is 9.80. The fourth-order valence-electron chi connectivity index (χ4n) is 5.80. The number of fused-ring (bicyclic) bond motifs is 2. The number of carbonyl (C=O) groups excluding carboxylic acids is 1. The van der Waals surface area contributed by atoms with Crippen molar-refractivity contribution in [2.24, 2.45) is 0 Å². The number of nitrogens with one attached hydrogen (secondary N) is 3. The number of methoxy groups -OCH3 is 1. The number of H-pyrrole nitrogens is 1. The van der Waals surface area contributed by atoms with Gasteiger partial charge in [0.25, 0.3) is 0 Å². The zero-order valence-corrected chi connectivity index (χ0v) is 21.7. The molecule has 0 aliphatic carbocycles. The summed E-state index contributed by atoms with van der Waals surface area (Å²) in [5.74, 6) is 0.670. The van der Waals surface area contributed by atoms with Crippen LogP contribution in [0.15, 0.2) is 72.9 Å². The smallest absolute Gasteiger partial charge is 0.221 e. The zero-order chi connectivity index (χ0) is 26.2. The molecule has 194 valence electrons. The lowest BCUT2D eigenvalue weighted by Gasteiger charge is -2.35. The molecule has 3 aromatic carbocycles. The van der Waals surface area contributed by atoms with Crippen LogP contribution in [0.1, 0.15) is 31.4 Å². The van der Waals surface area contributed by atoms with Crippen LogP contribution in [0.2, 0.25) is 0 Å². The van der Waals surface area contributed by atoms with Crippen molar-refractivity contribution in [3.05, 3.63) is 84.1 Å². The molecule has 1 fully saturated rings. The van der Waals surface area contributed by atoms with Crippen LogP contribution in [0.4, 0.5) is 11.4 Å². The van der Waals surface area contributed by atoms with Crippen LogP contribution in [0.3, 0.4) is 0 Å². The second-order valence-electron chi connectivity index (χ2n) is 9.91. The molecule has 0 unspecified atom stereocenters. The normalized spacial score (nSPS) is 14.3. The highest BCUT2D eigenvalue weighted by atomic mass is 16.5. The van der Waals surface area contributed by atoms with Gasteiger partial charge in [0.2, 0.25) is 11.5 Å². The molecule has 38 heavy (non-hydrogen) atoms. The number of amides is 1. The zero-order valence-electron chi connectivity index (χ0n) is 21.7. The Morgan fingerprint density at radius 2 is 1.84 bits per heavy atom. The van der Waals surface area contributed by atoms with Gasteiger partial charge in [0.15, 0.2) is 0 Å². The molecule has 0 saturated carbocycles. The predicted molar refractivity (Wildman–Crippen MR) is 151 cm³/mol.